The van der Waals surface area contributed by atoms with E-state index in [-0.39, 0.29) is 6.04 Å². The van der Waals surface area contributed by atoms with E-state index in [0.717, 1.165) is 28.6 Å². The van der Waals surface area contributed by atoms with E-state index in [4.69, 9.17) is 14.5 Å². The van der Waals surface area contributed by atoms with Gasteiger partial charge in [0, 0.05) is 25.0 Å². The quantitative estimate of drug-likeness (QED) is 0.484. The lowest BCUT2D eigenvalue weighted by Gasteiger charge is -2.35. The van der Waals surface area contributed by atoms with Crippen LogP contribution in [0.15, 0.2) is 61.2 Å². The van der Waals surface area contributed by atoms with Gasteiger partial charge in [0.2, 0.25) is 5.95 Å². The van der Waals surface area contributed by atoms with Crippen molar-refractivity contribution < 1.29 is 9.47 Å². The molecule has 3 heterocycles. The van der Waals surface area contributed by atoms with E-state index in [1.165, 1.54) is 11.1 Å². The first-order valence-electron chi connectivity index (χ1n) is 10.8. The smallest absolute Gasteiger partial charge is 0.229 e. The molecule has 2 aromatic carbocycles. The molecule has 1 N–H and O–H groups in total. The summed E-state index contributed by atoms with van der Waals surface area (Å²) in [5, 5.41) is 3.29. The average Bonchev–Trinajstić information content (AvgIpc) is 3.26. The Morgan fingerprint density at radius 1 is 1.12 bits per heavy atom. The van der Waals surface area contributed by atoms with E-state index >= 15 is 0 Å². The number of fused-ring (bicyclic) bond motifs is 1. The number of anilines is 3. The van der Waals surface area contributed by atoms with Gasteiger partial charge < -0.3 is 24.3 Å². The number of rotatable bonds is 5. The van der Waals surface area contributed by atoms with Crippen molar-refractivity contribution in [1.82, 2.24) is 19.5 Å². The molecule has 1 aliphatic rings. The molecule has 168 valence electrons. The lowest BCUT2D eigenvalue weighted by molar-refractivity contribution is 0.264. The minimum atomic E-state index is 0.0828. The van der Waals surface area contributed by atoms with Crippen molar-refractivity contribution in [3.8, 4) is 17.2 Å². The Balaban J connectivity index is 1.41. The lowest BCUT2D eigenvalue weighted by Crippen LogP contribution is -2.34. The second kappa shape index (κ2) is 8.46. The van der Waals surface area contributed by atoms with Gasteiger partial charge >= 0.3 is 0 Å². The first-order chi connectivity index (χ1) is 16.0. The molecule has 8 nitrogen and oxygen atoms in total. The van der Waals surface area contributed by atoms with Gasteiger partial charge in [-0.05, 0) is 37.1 Å². The van der Waals surface area contributed by atoms with Gasteiger partial charge in [0.05, 0.1) is 37.1 Å². The third kappa shape index (κ3) is 3.95. The topological polar surface area (TPSA) is 77.3 Å². The molecule has 4 aromatic rings. The number of hydrogen-bond donors (Lipinski definition) is 1. The number of aryl methyl sites for hydroxylation is 2. The summed E-state index contributed by atoms with van der Waals surface area (Å²) in [5.41, 5.74) is 5.13. The Bertz CT molecular complexity index is 1300. The number of likely N-dealkylation sites (N-methyl/N-ethyl adjacent to an activating group) is 1. The molecule has 2 aromatic heterocycles. The minimum absolute atomic E-state index is 0.0828. The Morgan fingerprint density at radius 2 is 1.97 bits per heavy atom. The fraction of sp³-hybridized carbons (Fsp3) is 0.240. The summed E-state index contributed by atoms with van der Waals surface area (Å²) < 4.78 is 13.5. The molecule has 1 unspecified atom stereocenters. The van der Waals surface area contributed by atoms with Gasteiger partial charge in [-0.25, -0.2) is 9.97 Å². The van der Waals surface area contributed by atoms with Crippen LogP contribution in [-0.2, 0) is 0 Å². The Hall–Kier alpha value is -4.07. The normalized spacial score (nSPS) is 15.0. The van der Waals surface area contributed by atoms with Crippen molar-refractivity contribution in [2.75, 3.05) is 31.0 Å². The summed E-state index contributed by atoms with van der Waals surface area (Å²) >= 11 is 0. The fourth-order valence-corrected chi connectivity index (χ4v) is 4.11. The van der Waals surface area contributed by atoms with Crippen LogP contribution >= 0.6 is 0 Å². The third-order valence-corrected chi connectivity index (χ3v) is 5.91. The van der Waals surface area contributed by atoms with Crippen LogP contribution in [0.3, 0.4) is 0 Å². The van der Waals surface area contributed by atoms with Gasteiger partial charge in [-0.3, -0.25) is 0 Å². The monoisotopic (exact) mass is 442 g/mol. The summed E-state index contributed by atoms with van der Waals surface area (Å²) in [6, 6.07) is 14.3. The van der Waals surface area contributed by atoms with Crippen molar-refractivity contribution in [1.29, 1.82) is 0 Å². The number of aromatic nitrogens is 4. The highest BCUT2D eigenvalue weighted by Crippen LogP contribution is 2.38. The number of benzene rings is 2. The summed E-state index contributed by atoms with van der Waals surface area (Å²) in [6.45, 7) is 4.63. The van der Waals surface area contributed by atoms with Crippen LogP contribution in [-0.4, -0.2) is 40.3 Å². The fourth-order valence-electron chi connectivity index (χ4n) is 4.11. The second-order valence-electron chi connectivity index (χ2n) is 8.11. The molecule has 1 aliphatic heterocycles. The summed E-state index contributed by atoms with van der Waals surface area (Å²) in [6.07, 6.45) is 5.45. The number of hydrogen-bond acceptors (Lipinski definition) is 7. The van der Waals surface area contributed by atoms with Crippen molar-refractivity contribution in [2.45, 2.75) is 19.9 Å². The molecule has 0 amide bonds. The third-order valence-electron chi connectivity index (χ3n) is 5.91. The van der Waals surface area contributed by atoms with E-state index in [2.05, 4.69) is 45.3 Å². The number of methoxy groups -OCH3 is 1. The van der Waals surface area contributed by atoms with Crippen molar-refractivity contribution in [2.24, 2.45) is 0 Å². The van der Waals surface area contributed by atoms with Gasteiger partial charge in [0.15, 0.2) is 11.6 Å². The molecule has 0 aliphatic carbocycles. The summed E-state index contributed by atoms with van der Waals surface area (Å²) in [4.78, 5) is 15.7. The highest BCUT2D eigenvalue weighted by atomic mass is 16.5. The van der Waals surface area contributed by atoms with Crippen LogP contribution in [0.2, 0.25) is 0 Å². The zero-order chi connectivity index (χ0) is 22.9. The van der Waals surface area contributed by atoms with E-state index in [0.29, 0.717) is 18.3 Å². The molecule has 0 spiro atoms. The number of nitrogens with zero attached hydrogens (tertiary/aromatic N) is 5. The van der Waals surface area contributed by atoms with Gasteiger partial charge in [-0.1, -0.05) is 24.3 Å². The second-order valence-corrected chi connectivity index (χ2v) is 8.11. The molecule has 0 fully saturated rings. The van der Waals surface area contributed by atoms with Gasteiger partial charge in [-0.15, -0.1) is 0 Å². The average molecular weight is 443 g/mol. The molecule has 8 heteroatoms. The maximum atomic E-state index is 6.00. The number of ether oxygens (including phenoxy) is 2. The molecule has 1 atom stereocenters. The first kappa shape index (κ1) is 20.8. The van der Waals surface area contributed by atoms with Crippen molar-refractivity contribution >= 4 is 17.5 Å². The molecule has 5 rings (SSSR count). The van der Waals surface area contributed by atoms with Crippen LogP contribution in [0.4, 0.5) is 17.5 Å². The van der Waals surface area contributed by atoms with Crippen LogP contribution in [0.5, 0.6) is 11.5 Å². The Labute approximate surface area is 192 Å². The Kier molecular flexibility index (Phi) is 5.34. The highest BCUT2D eigenvalue weighted by Gasteiger charge is 2.29. The maximum Gasteiger partial charge on any atom is 0.229 e. The summed E-state index contributed by atoms with van der Waals surface area (Å²) in [5.74, 6) is 2.64. The lowest BCUT2D eigenvalue weighted by atomic mass is 10.00. The molecule has 0 saturated heterocycles. The summed E-state index contributed by atoms with van der Waals surface area (Å²) in [7, 11) is 3.69. The zero-order valence-corrected chi connectivity index (χ0v) is 19.1. The molecular weight excluding hydrogens is 416 g/mol. The maximum absolute atomic E-state index is 6.00. The van der Waals surface area contributed by atoms with Gasteiger partial charge in [0.1, 0.15) is 12.4 Å². The van der Waals surface area contributed by atoms with Gasteiger partial charge in [0.25, 0.3) is 0 Å². The van der Waals surface area contributed by atoms with Crippen LogP contribution in [0.1, 0.15) is 22.9 Å². The van der Waals surface area contributed by atoms with E-state index in [1.54, 1.807) is 19.6 Å². The van der Waals surface area contributed by atoms with E-state index < -0.39 is 0 Å². The first-order valence-corrected chi connectivity index (χ1v) is 10.8. The van der Waals surface area contributed by atoms with Crippen LogP contribution in [0, 0.1) is 13.8 Å². The number of nitrogens with one attached hydrogen (secondary N) is 1. The standard InChI is InChI=1S/C25H26N6O2/c1-16-7-5-6-8-19(16)21-14-33-23-12-26-25(29-24(23)30(21)3)28-18-9-10-20(22(11-18)32-4)31-13-17(2)27-15-31/h5-13,15,21H,14H2,1-4H3,(H,26,28,29). The van der Waals surface area contributed by atoms with E-state index in [1.807, 2.05) is 49.0 Å². The van der Waals surface area contributed by atoms with Crippen LogP contribution < -0.4 is 19.7 Å². The molecule has 0 saturated carbocycles. The predicted molar refractivity (Wildman–Crippen MR) is 128 cm³/mol. The van der Waals surface area contributed by atoms with Crippen molar-refractivity contribution in [3.05, 3.63) is 78.0 Å². The predicted octanol–water partition coefficient (Wildman–Crippen LogP) is 4.60. The van der Waals surface area contributed by atoms with Crippen molar-refractivity contribution in [3.63, 3.8) is 0 Å². The van der Waals surface area contributed by atoms with E-state index in [9.17, 15) is 0 Å². The van der Waals surface area contributed by atoms with Gasteiger partial charge in [-0.2, -0.15) is 4.98 Å². The SMILES string of the molecule is COc1cc(Nc2ncc3c(n2)N(C)C(c2ccccc2C)CO3)ccc1-n1cnc(C)c1. The minimum Gasteiger partial charge on any atom is -0.494 e. The highest BCUT2D eigenvalue weighted by molar-refractivity contribution is 5.64. The molecule has 33 heavy (non-hydrogen) atoms. The number of imidazole rings is 1. The molecule has 0 bridgehead atoms. The molecule has 0 radical (unpaired) electrons. The van der Waals surface area contributed by atoms with Crippen LogP contribution in [0.25, 0.3) is 5.69 Å². The zero-order valence-electron chi connectivity index (χ0n) is 19.1. The molecular formula is C25H26N6O2. The Morgan fingerprint density at radius 3 is 2.73 bits per heavy atom. The largest absolute Gasteiger partial charge is 0.494 e.